The third-order valence-electron chi connectivity index (χ3n) is 1.97. The number of aromatic nitrogens is 2. The third-order valence-corrected chi connectivity index (χ3v) is 1.97. The molecular weight excluding hydrogens is 202 g/mol. The number of ether oxygens (including phenoxy) is 1. The lowest BCUT2D eigenvalue weighted by molar-refractivity contribution is 0.309. The number of hydrogen-bond donors (Lipinski definition) is 1. The van der Waals surface area contributed by atoms with E-state index in [9.17, 15) is 0 Å². The fourth-order valence-corrected chi connectivity index (χ4v) is 1.18. The Morgan fingerprint density at radius 1 is 1.50 bits per heavy atom. The van der Waals surface area contributed by atoms with Gasteiger partial charge in [0.05, 0.1) is 18.5 Å². The van der Waals surface area contributed by atoms with Crippen LogP contribution < -0.4 is 10.1 Å². The van der Waals surface area contributed by atoms with Crippen molar-refractivity contribution < 1.29 is 4.74 Å². The predicted molar refractivity (Wildman–Crippen MR) is 64.3 cm³/mol. The molecule has 0 spiro atoms. The van der Waals surface area contributed by atoms with Crippen LogP contribution in [0.5, 0.6) is 5.88 Å². The van der Waals surface area contributed by atoms with Crippen molar-refractivity contribution in [3.05, 3.63) is 30.7 Å². The average Bonchev–Trinajstić information content (AvgIpc) is 2.30. The molecule has 1 rings (SSSR count). The van der Waals surface area contributed by atoms with E-state index in [1.807, 2.05) is 6.08 Å². The average molecular weight is 221 g/mol. The second-order valence-electron chi connectivity index (χ2n) is 3.45. The minimum atomic E-state index is 0.581. The molecule has 0 aliphatic carbocycles. The molecule has 0 aliphatic rings. The van der Waals surface area contributed by atoms with Crippen molar-refractivity contribution in [2.75, 3.05) is 13.2 Å². The maximum atomic E-state index is 5.42. The summed E-state index contributed by atoms with van der Waals surface area (Å²) in [6.45, 7) is 8.09. The van der Waals surface area contributed by atoms with E-state index in [0.29, 0.717) is 12.5 Å². The summed E-state index contributed by atoms with van der Waals surface area (Å²) in [5.41, 5.74) is 0.907. The van der Waals surface area contributed by atoms with Gasteiger partial charge in [0.1, 0.15) is 0 Å². The van der Waals surface area contributed by atoms with Crippen molar-refractivity contribution in [2.24, 2.45) is 0 Å². The highest BCUT2D eigenvalue weighted by Gasteiger charge is 1.98. The van der Waals surface area contributed by atoms with E-state index in [1.54, 1.807) is 12.4 Å². The monoisotopic (exact) mass is 221 g/mol. The van der Waals surface area contributed by atoms with Gasteiger partial charge in [-0.25, -0.2) is 4.98 Å². The van der Waals surface area contributed by atoms with Gasteiger partial charge in [-0.1, -0.05) is 13.0 Å². The van der Waals surface area contributed by atoms with Gasteiger partial charge in [-0.15, -0.1) is 6.58 Å². The summed E-state index contributed by atoms with van der Waals surface area (Å²) in [6.07, 6.45) is 7.14. The van der Waals surface area contributed by atoms with E-state index >= 15 is 0 Å². The molecular formula is C12H19N3O. The lowest BCUT2D eigenvalue weighted by Crippen LogP contribution is -2.15. The maximum Gasteiger partial charge on any atom is 0.232 e. The second-order valence-corrected chi connectivity index (χ2v) is 3.45. The van der Waals surface area contributed by atoms with Gasteiger partial charge in [0.2, 0.25) is 5.88 Å². The molecule has 4 nitrogen and oxygen atoms in total. The Morgan fingerprint density at radius 2 is 2.38 bits per heavy atom. The minimum Gasteiger partial charge on any atom is -0.476 e. The summed E-state index contributed by atoms with van der Waals surface area (Å²) < 4.78 is 5.42. The summed E-state index contributed by atoms with van der Waals surface area (Å²) in [4.78, 5) is 8.42. The molecule has 1 aromatic rings. The quantitative estimate of drug-likeness (QED) is 0.538. The van der Waals surface area contributed by atoms with E-state index < -0.39 is 0 Å². The first-order valence-electron chi connectivity index (χ1n) is 5.62. The third kappa shape index (κ3) is 4.89. The van der Waals surface area contributed by atoms with Crippen LogP contribution in [0.3, 0.4) is 0 Å². The van der Waals surface area contributed by atoms with Crippen molar-refractivity contribution in [1.29, 1.82) is 0 Å². The molecule has 0 atom stereocenters. The Balaban J connectivity index is 2.40. The SMILES string of the molecule is C=CCCOc1cncc(CNCCC)n1. The zero-order chi connectivity index (χ0) is 11.6. The molecule has 1 N–H and O–H groups in total. The van der Waals surface area contributed by atoms with Crippen LogP contribution in [0.25, 0.3) is 0 Å². The largest absolute Gasteiger partial charge is 0.476 e. The van der Waals surface area contributed by atoms with Crippen molar-refractivity contribution in [3.63, 3.8) is 0 Å². The molecule has 88 valence electrons. The molecule has 0 saturated carbocycles. The molecule has 0 bridgehead atoms. The lowest BCUT2D eigenvalue weighted by Gasteiger charge is -2.05. The lowest BCUT2D eigenvalue weighted by atomic mass is 10.4. The number of nitrogens with one attached hydrogen (secondary N) is 1. The summed E-state index contributed by atoms with van der Waals surface area (Å²) in [6, 6.07) is 0. The normalized spacial score (nSPS) is 10.1. The molecule has 16 heavy (non-hydrogen) atoms. The number of nitrogens with zero attached hydrogens (tertiary/aromatic N) is 2. The number of hydrogen-bond acceptors (Lipinski definition) is 4. The molecule has 1 aromatic heterocycles. The number of rotatable bonds is 8. The zero-order valence-electron chi connectivity index (χ0n) is 9.78. The second kappa shape index (κ2) is 7.82. The topological polar surface area (TPSA) is 47.0 Å². The summed E-state index contributed by atoms with van der Waals surface area (Å²) >= 11 is 0. The standard InChI is InChI=1S/C12H19N3O/c1-3-5-7-16-12-10-14-9-11(15-12)8-13-6-4-2/h3,9-10,13H,1,4-8H2,2H3. The van der Waals surface area contributed by atoms with Crippen LogP contribution in [-0.4, -0.2) is 23.1 Å². The smallest absolute Gasteiger partial charge is 0.232 e. The minimum absolute atomic E-state index is 0.581. The molecule has 0 fully saturated rings. The van der Waals surface area contributed by atoms with Crippen molar-refractivity contribution >= 4 is 0 Å². The van der Waals surface area contributed by atoms with Gasteiger partial charge < -0.3 is 10.1 Å². The Labute approximate surface area is 96.8 Å². The molecule has 0 amide bonds. The van der Waals surface area contributed by atoms with Crippen LogP contribution in [0.1, 0.15) is 25.5 Å². The van der Waals surface area contributed by atoms with Crippen molar-refractivity contribution in [1.82, 2.24) is 15.3 Å². The van der Waals surface area contributed by atoms with E-state index in [1.165, 1.54) is 0 Å². The van der Waals surface area contributed by atoms with Gasteiger partial charge in [-0.05, 0) is 19.4 Å². The Bertz CT molecular complexity index is 315. The summed E-state index contributed by atoms with van der Waals surface area (Å²) in [7, 11) is 0. The highest BCUT2D eigenvalue weighted by atomic mass is 16.5. The fraction of sp³-hybridized carbons (Fsp3) is 0.500. The first kappa shape index (κ1) is 12.6. The Kier molecular flexibility index (Phi) is 6.18. The van der Waals surface area contributed by atoms with E-state index in [-0.39, 0.29) is 0 Å². The molecule has 0 saturated heterocycles. The molecule has 4 heteroatoms. The van der Waals surface area contributed by atoms with Crippen LogP contribution in [0, 0.1) is 0 Å². The van der Waals surface area contributed by atoms with Gasteiger partial charge in [-0.3, -0.25) is 4.98 Å². The van der Waals surface area contributed by atoms with Crippen LogP contribution in [0.2, 0.25) is 0 Å². The Morgan fingerprint density at radius 3 is 3.12 bits per heavy atom. The molecule has 0 unspecified atom stereocenters. The van der Waals surface area contributed by atoms with Gasteiger partial charge in [0, 0.05) is 12.7 Å². The highest BCUT2D eigenvalue weighted by molar-refractivity contribution is 5.08. The van der Waals surface area contributed by atoms with Crippen molar-refractivity contribution in [3.8, 4) is 5.88 Å². The van der Waals surface area contributed by atoms with Gasteiger partial charge in [0.15, 0.2) is 0 Å². The molecule has 1 heterocycles. The predicted octanol–water partition coefficient (Wildman–Crippen LogP) is 1.93. The van der Waals surface area contributed by atoms with Crippen LogP contribution in [0.4, 0.5) is 0 Å². The van der Waals surface area contributed by atoms with E-state index in [2.05, 4.69) is 28.8 Å². The van der Waals surface area contributed by atoms with Crippen molar-refractivity contribution in [2.45, 2.75) is 26.3 Å². The first-order chi connectivity index (χ1) is 7.86. The van der Waals surface area contributed by atoms with Crippen LogP contribution in [0.15, 0.2) is 25.0 Å². The molecule has 0 aromatic carbocycles. The summed E-state index contributed by atoms with van der Waals surface area (Å²) in [5.74, 6) is 0.581. The zero-order valence-corrected chi connectivity index (χ0v) is 9.78. The highest BCUT2D eigenvalue weighted by Crippen LogP contribution is 2.05. The van der Waals surface area contributed by atoms with E-state index in [4.69, 9.17) is 4.74 Å². The van der Waals surface area contributed by atoms with E-state index in [0.717, 1.165) is 31.6 Å². The Hall–Kier alpha value is -1.42. The molecule has 0 aliphatic heterocycles. The molecule has 0 radical (unpaired) electrons. The van der Waals surface area contributed by atoms with Gasteiger partial charge in [0.25, 0.3) is 0 Å². The van der Waals surface area contributed by atoms with Gasteiger partial charge in [-0.2, -0.15) is 0 Å². The maximum absolute atomic E-state index is 5.42. The summed E-state index contributed by atoms with van der Waals surface area (Å²) in [5, 5.41) is 3.27. The van der Waals surface area contributed by atoms with Gasteiger partial charge >= 0.3 is 0 Å². The van der Waals surface area contributed by atoms with Crippen LogP contribution >= 0.6 is 0 Å². The van der Waals surface area contributed by atoms with Crippen LogP contribution in [-0.2, 0) is 6.54 Å². The first-order valence-corrected chi connectivity index (χ1v) is 5.62. The fourth-order valence-electron chi connectivity index (χ4n) is 1.18.